The molecule has 0 bridgehead atoms. The van der Waals surface area contributed by atoms with Gasteiger partial charge in [0.25, 0.3) is 11.8 Å². The molecule has 0 spiro atoms. The molecular weight excluding hydrogens is 348 g/mol. The van der Waals surface area contributed by atoms with E-state index in [0.29, 0.717) is 28.8 Å². The van der Waals surface area contributed by atoms with Crippen LogP contribution in [-0.4, -0.2) is 43.8 Å². The molecule has 0 unspecified atom stereocenters. The second kappa shape index (κ2) is 8.03. The second-order valence-corrected chi connectivity index (χ2v) is 6.53. The van der Waals surface area contributed by atoms with Crippen molar-refractivity contribution >= 4 is 34.8 Å². The van der Waals surface area contributed by atoms with E-state index in [9.17, 15) is 9.59 Å². The van der Waals surface area contributed by atoms with E-state index in [1.807, 2.05) is 0 Å². The lowest BCUT2D eigenvalue weighted by atomic mass is 10.1. The van der Waals surface area contributed by atoms with Crippen LogP contribution in [0.2, 0.25) is 5.02 Å². The van der Waals surface area contributed by atoms with Gasteiger partial charge in [0.15, 0.2) is 6.61 Å². The molecule has 1 saturated heterocycles. The number of halogens is 1. The molecule has 7 nitrogen and oxygen atoms in total. The summed E-state index contributed by atoms with van der Waals surface area (Å²) in [6.07, 6.45) is 2.56. The van der Waals surface area contributed by atoms with Crippen molar-refractivity contribution in [2.75, 3.05) is 30.5 Å². The van der Waals surface area contributed by atoms with Crippen LogP contribution in [-0.2, 0) is 19.1 Å². The van der Waals surface area contributed by atoms with Crippen LogP contribution in [0.25, 0.3) is 0 Å². The van der Waals surface area contributed by atoms with E-state index in [4.69, 9.17) is 25.8 Å². The molecular formula is C17H21ClN2O5. The van der Waals surface area contributed by atoms with Gasteiger partial charge < -0.3 is 24.8 Å². The van der Waals surface area contributed by atoms with Crippen molar-refractivity contribution in [3.8, 4) is 5.75 Å². The van der Waals surface area contributed by atoms with Gasteiger partial charge in [-0.2, -0.15) is 0 Å². The Hall–Kier alpha value is -1.83. The Morgan fingerprint density at radius 1 is 1.48 bits per heavy atom. The van der Waals surface area contributed by atoms with Crippen LogP contribution in [0.5, 0.6) is 5.75 Å². The predicted molar refractivity (Wildman–Crippen MR) is 93.2 cm³/mol. The average molecular weight is 369 g/mol. The Kier molecular flexibility index (Phi) is 5.78. The lowest BCUT2D eigenvalue weighted by molar-refractivity contribution is -0.130. The summed E-state index contributed by atoms with van der Waals surface area (Å²) in [5, 5.41) is 5.70. The van der Waals surface area contributed by atoms with E-state index < -0.39 is 6.10 Å². The summed E-state index contributed by atoms with van der Waals surface area (Å²) in [5.41, 5.74) is 0.893. The Labute approximate surface area is 151 Å². The third kappa shape index (κ3) is 4.62. The maximum Gasteiger partial charge on any atom is 0.262 e. The highest BCUT2D eigenvalue weighted by molar-refractivity contribution is 6.34. The molecule has 2 atom stereocenters. The molecule has 2 amide bonds. The van der Waals surface area contributed by atoms with Crippen molar-refractivity contribution < 1.29 is 23.8 Å². The number of hydrogen-bond acceptors (Lipinski definition) is 5. The number of benzene rings is 1. The smallest absolute Gasteiger partial charge is 0.262 e. The van der Waals surface area contributed by atoms with E-state index in [1.165, 1.54) is 0 Å². The molecule has 0 radical (unpaired) electrons. The van der Waals surface area contributed by atoms with Crippen molar-refractivity contribution in [1.82, 2.24) is 0 Å². The van der Waals surface area contributed by atoms with E-state index in [0.717, 1.165) is 25.9 Å². The van der Waals surface area contributed by atoms with Crippen molar-refractivity contribution in [3.05, 3.63) is 17.2 Å². The van der Waals surface area contributed by atoms with Crippen molar-refractivity contribution in [1.29, 1.82) is 0 Å². The Morgan fingerprint density at radius 3 is 3.08 bits per heavy atom. The summed E-state index contributed by atoms with van der Waals surface area (Å²) in [6, 6.07) is 3.14. The topological polar surface area (TPSA) is 85.9 Å². The van der Waals surface area contributed by atoms with Crippen molar-refractivity contribution in [3.63, 3.8) is 0 Å². The van der Waals surface area contributed by atoms with Crippen LogP contribution < -0.4 is 15.4 Å². The standard InChI is InChI=1S/C17H21ClN2O5/c1-10(24-8-11-4-2-3-5-23-11)17(22)20-13-7-15-14(6-12(13)18)19-16(21)9-25-15/h6-7,10-11H,2-5,8-9H2,1H3,(H,19,21)(H,20,22)/t10-,11-/m1/s1. The molecule has 25 heavy (non-hydrogen) atoms. The van der Waals surface area contributed by atoms with Gasteiger partial charge in [-0.15, -0.1) is 0 Å². The maximum absolute atomic E-state index is 12.3. The normalized spacial score (nSPS) is 20.9. The second-order valence-electron chi connectivity index (χ2n) is 6.12. The van der Waals surface area contributed by atoms with E-state index in [2.05, 4.69) is 10.6 Å². The van der Waals surface area contributed by atoms with E-state index in [1.54, 1.807) is 19.1 Å². The van der Waals surface area contributed by atoms with Crippen LogP contribution in [0.15, 0.2) is 12.1 Å². The fraction of sp³-hybridized carbons (Fsp3) is 0.529. The first-order valence-corrected chi connectivity index (χ1v) is 8.71. The highest BCUT2D eigenvalue weighted by Gasteiger charge is 2.22. The summed E-state index contributed by atoms with van der Waals surface area (Å²) in [7, 11) is 0. The Bertz CT molecular complexity index is 661. The first-order valence-electron chi connectivity index (χ1n) is 8.33. The summed E-state index contributed by atoms with van der Waals surface area (Å²) < 4.78 is 16.5. The fourth-order valence-electron chi connectivity index (χ4n) is 2.70. The average Bonchev–Trinajstić information content (AvgIpc) is 2.61. The molecule has 8 heteroatoms. The number of hydrogen-bond donors (Lipinski definition) is 2. The molecule has 0 saturated carbocycles. The SMILES string of the molecule is C[C@@H](OC[C@H]1CCCCO1)C(=O)Nc1cc2c(cc1Cl)NC(=O)CO2. The molecule has 0 aromatic heterocycles. The Balaban J connectivity index is 1.57. The van der Waals surface area contributed by atoms with Crippen LogP contribution in [0.1, 0.15) is 26.2 Å². The first-order chi connectivity index (χ1) is 12.0. The lowest BCUT2D eigenvalue weighted by Crippen LogP contribution is -2.32. The number of carbonyl (C=O) groups is 2. The van der Waals surface area contributed by atoms with Crippen LogP contribution in [0.4, 0.5) is 11.4 Å². The number of carbonyl (C=O) groups excluding carboxylic acids is 2. The minimum atomic E-state index is -0.641. The highest BCUT2D eigenvalue weighted by atomic mass is 35.5. The fourth-order valence-corrected chi connectivity index (χ4v) is 2.91. The van der Waals surface area contributed by atoms with Gasteiger partial charge in [-0.25, -0.2) is 0 Å². The monoisotopic (exact) mass is 368 g/mol. The van der Waals surface area contributed by atoms with Gasteiger partial charge >= 0.3 is 0 Å². The number of anilines is 2. The molecule has 0 aliphatic carbocycles. The molecule has 3 rings (SSSR count). The minimum absolute atomic E-state index is 0.0494. The number of ether oxygens (including phenoxy) is 3. The Morgan fingerprint density at radius 2 is 2.32 bits per heavy atom. The van der Waals surface area contributed by atoms with Gasteiger partial charge in [0.2, 0.25) is 0 Å². The molecule has 136 valence electrons. The van der Waals surface area contributed by atoms with Crippen molar-refractivity contribution in [2.24, 2.45) is 0 Å². The zero-order valence-electron chi connectivity index (χ0n) is 14.0. The van der Waals surface area contributed by atoms with Gasteiger partial charge in [-0.1, -0.05) is 11.6 Å². The number of nitrogens with one attached hydrogen (secondary N) is 2. The maximum atomic E-state index is 12.3. The zero-order chi connectivity index (χ0) is 17.8. The molecule has 2 N–H and O–H groups in total. The van der Waals surface area contributed by atoms with Gasteiger partial charge in [0.1, 0.15) is 11.9 Å². The molecule has 2 aliphatic heterocycles. The summed E-state index contributed by atoms with van der Waals surface area (Å²) >= 11 is 6.17. The van der Waals surface area contributed by atoms with Gasteiger partial charge in [-0.05, 0) is 32.3 Å². The summed E-state index contributed by atoms with van der Waals surface area (Å²) in [5.74, 6) is -0.0895. The molecule has 1 aromatic rings. The third-order valence-corrected chi connectivity index (χ3v) is 4.45. The summed E-state index contributed by atoms with van der Waals surface area (Å²) in [4.78, 5) is 23.6. The molecule has 2 heterocycles. The molecule has 1 fully saturated rings. The highest BCUT2D eigenvalue weighted by Crippen LogP contribution is 2.36. The van der Waals surface area contributed by atoms with Gasteiger partial charge in [0.05, 0.1) is 29.1 Å². The minimum Gasteiger partial charge on any atom is -0.482 e. The molecule has 2 aliphatic rings. The number of rotatable bonds is 5. The third-order valence-electron chi connectivity index (χ3n) is 4.14. The van der Waals surface area contributed by atoms with Gasteiger partial charge in [-0.3, -0.25) is 9.59 Å². The van der Waals surface area contributed by atoms with Crippen LogP contribution in [0, 0.1) is 0 Å². The quantitative estimate of drug-likeness (QED) is 0.834. The first kappa shape index (κ1) is 18.0. The van der Waals surface area contributed by atoms with Crippen molar-refractivity contribution in [2.45, 2.75) is 38.4 Å². The number of amides is 2. The van der Waals surface area contributed by atoms with Crippen LogP contribution in [0.3, 0.4) is 0 Å². The molecule has 1 aromatic carbocycles. The predicted octanol–water partition coefficient (Wildman–Crippen LogP) is 2.58. The largest absolute Gasteiger partial charge is 0.482 e. The number of fused-ring (bicyclic) bond motifs is 1. The van der Waals surface area contributed by atoms with E-state index in [-0.39, 0.29) is 24.5 Å². The zero-order valence-corrected chi connectivity index (χ0v) is 14.7. The van der Waals surface area contributed by atoms with E-state index >= 15 is 0 Å². The van der Waals surface area contributed by atoms with Crippen LogP contribution >= 0.6 is 11.6 Å². The lowest BCUT2D eigenvalue weighted by Gasteiger charge is -2.24. The van der Waals surface area contributed by atoms with Gasteiger partial charge in [0, 0.05) is 12.7 Å². The summed E-state index contributed by atoms with van der Waals surface area (Å²) in [6.45, 7) is 2.75.